The van der Waals surface area contributed by atoms with Gasteiger partial charge in [0.1, 0.15) is 0 Å². The summed E-state index contributed by atoms with van der Waals surface area (Å²) in [7, 11) is 1.67. The SMILES string of the molecule is COCCNCc1ccc(-n2[nH]cc(-c3cccnc3)c2=O)nc1.Cl. The van der Waals surface area contributed by atoms with Crippen molar-refractivity contribution < 1.29 is 4.74 Å². The van der Waals surface area contributed by atoms with Crippen LogP contribution in [0.1, 0.15) is 5.56 Å². The first-order chi connectivity index (χ1) is 11.8. The maximum Gasteiger partial charge on any atom is 0.280 e. The second kappa shape index (κ2) is 9.12. The van der Waals surface area contributed by atoms with Gasteiger partial charge in [0.25, 0.3) is 5.56 Å². The molecule has 0 saturated heterocycles. The van der Waals surface area contributed by atoms with Crippen molar-refractivity contribution >= 4 is 12.4 Å². The fraction of sp³-hybridized carbons (Fsp3) is 0.235. The molecule has 3 rings (SSSR count). The summed E-state index contributed by atoms with van der Waals surface area (Å²) in [4.78, 5) is 20.9. The van der Waals surface area contributed by atoms with Gasteiger partial charge in [-0.25, -0.2) is 9.67 Å². The molecular weight excluding hydrogens is 342 g/mol. The molecule has 0 spiro atoms. The van der Waals surface area contributed by atoms with E-state index >= 15 is 0 Å². The minimum atomic E-state index is -0.151. The van der Waals surface area contributed by atoms with Crippen LogP contribution < -0.4 is 10.9 Å². The number of nitrogens with one attached hydrogen (secondary N) is 2. The van der Waals surface area contributed by atoms with Crippen molar-refractivity contribution in [1.82, 2.24) is 25.1 Å². The Hall–Kier alpha value is -2.48. The molecule has 3 aromatic rings. The highest BCUT2D eigenvalue weighted by Crippen LogP contribution is 2.13. The third-order valence-electron chi connectivity index (χ3n) is 3.59. The van der Waals surface area contributed by atoms with E-state index < -0.39 is 0 Å². The lowest BCUT2D eigenvalue weighted by atomic mass is 10.2. The highest BCUT2D eigenvalue weighted by molar-refractivity contribution is 5.85. The fourth-order valence-electron chi connectivity index (χ4n) is 2.33. The number of hydrogen-bond acceptors (Lipinski definition) is 5. The molecule has 0 amide bonds. The second-order valence-corrected chi connectivity index (χ2v) is 5.26. The van der Waals surface area contributed by atoms with Crippen LogP contribution in [0.2, 0.25) is 0 Å². The average molecular weight is 362 g/mol. The number of H-pyrrole nitrogens is 1. The fourth-order valence-corrected chi connectivity index (χ4v) is 2.33. The van der Waals surface area contributed by atoms with Crippen molar-refractivity contribution in [3.8, 4) is 16.9 Å². The summed E-state index contributed by atoms with van der Waals surface area (Å²) in [6, 6.07) is 7.41. The first-order valence-electron chi connectivity index (χ1n) is 7.65. The Morgan fingerprint density at radius 2 is 2.16 bits per heavy atom. The monoisotopic (exact) mass is 361 g/mol. The molecule has 0 radical (unpaired) electrons. The summed E-state index contributed by atoms with van der Waals surface area (Å²) in [6.45, 7) is 2.15. The Balaban J connectivity index is 0.00000225. The van der Waals surface area contributed by atoms with Crippen LogP contribution in [0.4, 0.5) is 0 Å². The van der Waals surface area contributed by atoms with Crippen LogP contribution in [-0.4, -0.2) is 40.0 Å². The van der Waals surface area contributed by atoms with Crippen molar-refractivity contribution in [3.63, 3.8) is 0 Å². The molecule has 0 fully saturated rings. The van der Waals surface area contributed by atoms with E-state index in [0.717, 1.165) is 17.7 Å². The van der Waals surface area contributed by atoms with E-state index in [0.29, 0.717) is 24.5 Å². The maximum atomic E-state index is 12.5. The molecule has 0 saturated carbocycles. The number of aromatic amines is 1. The van der Waals surface area contributed by atoms with E-state index in [-0.39, 0.29) is 18.0 Å². The molecule has 0 aliphatic carbocycles. The van der Waals surface area contributed by atoms with Gasteiger partial charge in [0.15, 0.2) is 5.82 Å². The van der Waals surface area contributed by atoms with Gasteiger partial charge in [0.2, 0.25) is 0 Å². The van der Waals surface area contributed by atoms with Crippen LogP contribution >= 0.6 is 12.4 Å². The van der Waals surface area contributed by atoms with Gasteiger partial charge < -0.3 is 10.1 Å². The van der Waals surface area contributed by atoms with E-state index in [4.69, 9.17) is 4.74 Å². The predicted octanol–water partition coefficient (Wildman–Crippen LogP) is 1.78. The molecule has 8 heteroatoms. The average Bonchev–Trinajstić information content (AvgIpc) is 3.01. The molecule has 0 atom stereocenters. The Kier molecular flexibility index (Phi) is 6.88. The molecule has 2 N–H and O–H groups in total. The summed E-state index contributed by atoms with van der Waals surface area (Å²) < 4.78 is 6.41. The van der Waals surface area contributed by atoms with Gasteiger partial charge in [-0.05, 0) is 17.7 Å². The maximum absolute atomic E-state index is 12.5. The number of aromatic nitrogens is 4. The lowest BCUT2D eigenvalue weighted by molar-refractivity contribution is 0.199. The molecule has 0 aromatic carbocycles. The van der Waals surface area contributed by atoms with Gasteiger partial charge in [-0.1, -0.05) is 12.1 Å². The van der Waals surface area contributed by atoms with Crippen LogP contribution in [-0.2, 0) is 11.3 Å². The highest BCUT2D eigenvalue weighted by Gasteiger charge is 2.10. The number of halogens is 1. The van der Waals surface area contributed by atoms with Crippen molar-refractivity contribution in [2.24, 2.45) is 0 Å². The predicted molar refractivity (Wildman–Crippen MR) is 98.2 cm³/mol. The minimum absolute atomic E-state index is 0. The largest absolute Gasteiger partial charge is 0.383 e. The summed E-state index contributed by atoms with van der Waals surface area (Å²) in [6.07, 6.45) is 6.76. The molecular formula is C17H20ClN5O2. The first-order valence-corrected chi connectivity index (χ1v) is 7.65. The summed E-state index contributed by atoms with van der Waals surface area (Å²) in [5.74, 6) is 0.552. The van der Waals surface area contributed by atoms with Gasteiger partial charge in [-0.2, -0.15) is 0 Å². The lowest BCUT2D eigenvalue weighted by Crippen LogP contribution is -2.19. The number of ether oxygens (including phenoxy) is 1. The van der Waals surface area contributed by atoms with Crippen molar-refractivity contribution in [2.45, 2.75) is 6.54 Å². The van der Waals surface area contributed by atoms with Crippen LogP contribution in [0.15, 0.2) is 53.8 Å². The third kappa shape index (κ3) is 4.54. The van der Waals surface area contributed by atoms with Crippen molar-refractivity contribution in [3.05, 3.63) is 65.0 Å². The second-order valence-electron chi connectivity index (χ2n) is 5.26. The van der Waals surface area contributed by atoms with Gasteiger partial charge >= 0.3 is 0 Å². The Morgan fingerprint density at radius 1 is 1.28 bits per heavy atom. The van der Waals surface area contributed by atoms with Crippen LogP contribution in [0.25, 0.3) is 16.9 Å². The Bertz CT molecular complexity index is 830. The van der Waals surface area contributed by atoms with Crippen LogP contribution in [0.5, 0.6) is 0 Å². The summed E-state index contributed by atoms with van der Waals surface area (Å²) in [5, 5.41) is 6.20. The molecule has 25 heavy (non-hydrogen) atoms. The normalized spacial score (nSPS) is 10.4. The van der Waals surface area contributed by atoms with Crippen molar-refractivity contribution in [2.75, 3.05) is 20.3 Å². The molecule has 7 nitrogen and oxygen atoms in total. The van der Waals surface area contributed by atoms with Crippen LogP contribution in [0, 0.1) is 0 Å². The molecule has 0 aliphatic heterocycles. The van der Waals surface area contributed by atoms with E-state index in [9.17, 15) is 4.79 Å². The first kappa shape index (κ1) is 18.9. The van der Waals surface area contributed by atoms with E-state index in [2.05, 4.69) is 20.4 Å². The van der Waals surface area contributed by atoms with Crippen molar-refractivity contribution in [1.29, 1.82) is 0 Å². The highest BCUT2D eigenvalue weighted by atomic mass is 35.5. The number of methoxy groups -OCH3 is 1. The molecule has 3 heterocycles. The summed E-state index contributed by atoms with van der Waals surface area (Å²) in [5.41, 5.74) is 2.23. The zero-order valence-electron chi connectivity index (χ0n) is 13.8. The number of nitrogens with zero attached hydrogens (tertiary/aromatic N) is 3. The topological polar surface area (TPSA) is 84.8 Å². The smallest absolute Gasteiger partial charge is 0.280 e. The zero-order chi connectivity index (χ0) is 16.8. The number of rotatable bonds is 7. The van der Waals surface area contributed by atoms with E-state index in [1.165, 1.54) is 4.68 Å². The molecule has 3 aromatic heterocycles. The number of hydrogen-bond donors (Lipinski definition) is 2. The van der Waals surface area contributed by atoms with Gasteiger partial charge in [0.05, 0.1) is 12.2 Å². The standard InChI is InChI=1S/C17H19N5O2.ClH/c1-24-8-7-19-9-13-4-5-16(20-10-13)22-17(23)15(12-21-22)14-3-2-6-18-11-14;/h2-6,10-12,19,21H,7-9H2,1H3;1H. The van der Waals surface area contributed by atoms with E-state index in [1.54, 1.807) is 38.0 Å². The Labute approximate surface area is 151 Å². The third-order valence-corrected chi connectivity index (χ3v) is 3.59. The summed E-state index contributed by atoms with van der Waals surface area (Å²) >= 11 is 0. The minimum Gasteiger partial charge on any atom is -0.383 e. The Morgan fingerprint density at radius 3 is 2.84 bits per heavy atom. The van der Waals surface area contributed by atoms with Gasteiger partial charge in [0, 0.05) is 50.6 Å². The lowest BCUT2D eigenvalue weighted by Gasteiger charge is -2.05. The van der Waals surface area contributed by atoms with Crippen LogP contribution in [0.3, 0.4) is 0 Å². The molecule has 132 valence electrons. The number of pyridine rings is 2. The molecule has 0 bridgehead atoms. The molecule has 0 unspecified atom stereocenters. The zero-order valence-corrected chi connectivity index (χ0v) is 14.6. The molecule has 0 aliphatic rings. The van der Waals surface area contributed by atoms with E-state index in [1.807, 2.05) is 18.2 Å². The van der Waals surface area contributed by atoms with Gasteiger partial charge in [-0.15, -0.1) is 12.4 Å². The van der Waals surface area contributed by atoms with Gasteiger partial charge in [-0.3, -0.25) is 14.9 Å². The quantitative estimate of drug-likeness (QED) is 0.627.